The largest absolute Gasteiger partial charge is 0.494 e. The fourth-order valence-electron chi connectivity index (χ4n) is 6.07. The molecule has 5 nitrogen and oxygen atoms in total. The summed E-state index contributed by atoms with van der Waals surface area (Å²) in [7, 11) is 1.48. The van der Waals surface area contributed by atoms with Gasteiger partial charge in [-0.2, -0.15) is 0 Å². The van der Waals surface area contributed by atoms with Crippen molar-refractivity contribution in [1.29, 1.82) is 0 Å². The van der Waals surface area contributed by atoms with Crippen LogP contribution in [0.1, 0.15) is 56.6 Å². The van der Waals surface area contributed by atoms with Gasteiger partial charge in [0, 0.05) is 30.5 Å². The molecule has 0 unspecified atom stereocenters. The van der Waals surface area contributed by atoms with Crippen LogP contribution in [0.15, 0.2) is 36.7 Å². The van der Waals surface area contributed by atoms with Crippen molar-refractivity contribution in [2.45, 2.75) is 58.4 Å². The summed E-state index contributed by atoms with van der Waals surface area (Å²) >= 11 is 0. The number of nitrogens with zero attached hydrogens (tertiary/aromatic N) is 4. The average molecular weight is 479 g/mol. The number of imidazole rings is 1. The van der Waals surface area contributed by atoms with Crippen LogP contribution in [0.2, 0.25) is 0 Å². The minimum atomic E-state index is -0.364. The molecule has 2 aliphatic heterocycles. The molecule has 0 atom stereocenters. The normalized spacial score (nSPS) is 19.1. The van der Waals surface area contributed by atoms with Gasteiger partial charge in [-0.15, -0.1) is 0 Å². The number of aryl methyl sites for hydroxylation is 1. The van der Waals surface area contributed by atoms with Gasteiger partial charge in [0.05, 0.1) is 12.8 Å². The number of pyridine rings is 1. The zero-order chi connectivity index (χ0) is 24.5. The number of halogens is 1. The van der Waals surface area contributed by atoms with Crippen LogP contribution in [0.4, 0.5) is 4.39 Å². The Morgan fingerprint density at radius 3 is 2.43 bits per heavy atom. The van der Waals surface area contributed by atoms with E-state index in [9.17, 15) is 4.39 Å². The lowest BCUT2D eigenvalue weighted by molar-refractivity contribution is 0.0828. The van der Waals surface area contributed by atoms with Gasteiger partial charge < -0.3 is 18.9 Å². The van der Waals surface area contributed by atoms with Crippen LogP contribution in [0.3, 0.4) is 0 Å². The van der Waals surface area contributed by atoms with Crippen molar-refractivity contribution in [3.8, 4) is 17.0 Å². The second-order valence-electron chi connectivity index (χ2n) is 10.9. The quantitative estimate of drug-likeness (QED) is 0.451. The summed E-state index contributed by atoms with van der Waals surface area (Å²) in [6.07, 6.45) is 9.31. The molecule has 188 valence electrons. The summed E-state index contributed by atoms with van der Waals surface area (Å²) in [5, 5.41) is 0. The van der Waals surface area contributed by atoms with Crippen molar-refractivity contribution in [2.24, 2.45) is 5.92 Å². The Morgan fingerprint density at radius 1 is 1.03 bits per heavy atom. The number of aromatic nitrogens is 2. The number of piperidine rings is 2. The second kappa shape index (κ2) is 10.3. The first-order valence-electron chi connectivity index (χ1n) is 13.2. The molecule has 2 saturated heterocycles. The zero-order valence-corrected chi connectivity index (χ0v) is 21.6. The third-order valence-electron chi connectivity index (χ3n) is 7.90. The molecule has 0 spiro atoms. The van der Waals surface area contributed by atoms with Gasteiger partial charge in [0.2, 0.25) is 0 Å². The molecule has 0 radical (unpaired) electrons. The number of methoxy groups -OCH3 is 1. The van der Waals surface area contributed by atoms with Crippen LogP contribution < -0.4 is 4.74 Å². The molecule has 0 N–H and O–H groups in total. The summed E-state index contributed by atoms with van der Waals surface area (Å²) in [6, 6.07) is 8.09. The molecule has 6 heteroatoms. The molecule has 3 aromatic rings. The standard InChI is InChI=1S/C29H39FN4O/c1-20(2)17-32-11-9-25(10-12-32)33-13-7-22(8-14-33)24-15-21(3)29-31-27(19-34(29)18-24)23-5-6-28(35-4)26(30)16-23/h5-6,15-16,18-20,22,25H,7-14,17H2,1-4H3. The summed E-state index contributed by atoms with van der Waals surface area (Å²) in [4.78, 5) is 10.2. The van der Waals surface area contributed by atoms with Crippen LogP contribution in [0.25, 0.3) is 16.9 Å². The van der Waals surface area contributed by atoms with E-state index in [0.29, 0.717) is 5.92 Å². The molecule has 2 aromatic heterocycles. The number of rotatable bonds is 6. The summed E-state index contributed by atoms with van der Waals surface area (Å²) in [6.45, 7) is 12.9. The highest BCUT2D eigenvalue weighted by Gasteiger charge is 2.29. The number of hydrogen-bond acceptors (Lipinski definition) is 4. The van der Waals surface area contributed by atoms with E-state index in [1.54, 1.807) is 6.07 Å². The molecule has 0 saturated carbocycles. The molecule has 0 bridgehead atoms. The van der Waals surface area contributed by atoms with Crippen molar-refractivity contribution < 1.29 is 9.13 Å². The van der Waals surface area contributed by atoms with E-state index >= 15 is 0 Å². The Bertz CT molecular complexity index is 1160. The predicted octanol–water partition coefficient (Wildman–Crippen LogP) is 5.76. The molecule has 5 rings (SSSR count). The van der Waals surface area contributed by atoms with E-state index in [1.165, 1.54) is 82.7 Å². The summed E-state index contributed by atoms with van der Waals surface area (Å²) < 4.78 is 21.4. The Labute approximate surface area is 208 Å². The van der Waals surface area contributed by atoms with Crippen molar-refractivity contribution in [3.05, 3.63) is 53.6 Å². The van der Waals surface area contributed by atoms with Gasteiger partial charge >= 0.3 is 0 Å². The zero-order valence-electron chi connectivity index (χ0n) is 21.6. The van der Waals surface area contributed by atoms with Gasteiger partial charge in [-0.25, -0.2) is 9.37 Å². The Morgan fingerprint density at radius 2 is 1.77 bits per heavy atom. The van der Waals surface area contributed by atoms with Gasteiger partial charge in [0.25, 0.3) is 0 Å². The first-order chi connectivity index (χ1) is 16.9. The Hall–Kier alpha value is -2.44. The third kappa shape index (κ3) is 5.24. The van der Waals surface area contributed by atoms with Gasteiger partial charge in [0.1, 0.15) is 5.65 Å². The van der Waals surface area contributed by atoms with Crippen LogP contribution in [-0.4, -0.2) is 65.1 Å². The van der Waals surface area contributed by atoms with Crippen molar-refractivity contribution in [1.82, 2.24) is 19.2 Å². The van der Waals surface area contributed by atoms with Gasteiger partial charge in [-0.3, -0.25) is 0 Å². The molecule has 2 fully saturated rings. The highest BCUT2D eigenvalue weighted by Crippen LogP contribution is 2.33. The highest BCUT2D eigenvalue weighted by atomic mass is 19.1. The maximum Gasteiger partial charge on any atom is 0.165 e. The molecule has 35 heavy (non-hydrogen) atoms. The van der Waals surface area contributed by atoms with Gasteiger partial charge in [0.15, 0.2) is 11.6 Å². The Balaban J connectivity index is 1.25. The van der Waals surface area contributed by atoms with Gasteiger partial charge in [-0.1, -0.05) is 19.9 Å². The van der Waals surface area contributed by atoms with Crippen LogP contribution >= 0.6 is 0 Å². The second-order valence-corrected chi connectivity index (χ2v) is 10.9. The Kier molecular flexibility index (Phi) is 7.12. The smallest absolute Gasteiger partial charge is 0.165 e. The third-order valence-corrected chi connectivity index (χ3v) is 7.90. The molecule has 0 aliphatic carbocycles. The fraction of sp³-hybridized carbons (Fsp3) is 0.552. The van der Waals surface area contributed by atoms with Crippen molar-refractivity contribution >= 4 is 5.65 Å². The fourth-order valence-corrected chi connectivity index (χ4v) is 6.07. The summed E-state index contributed by atoms with van der Waals surface area (Å²) in [5.74, 6) is 1.23. The van der Waals surface area contributed by atoms with E-state index in [0.717, 1.165) is 28.9 Å². The number of hydrogen-bond donors (Lipinski definition) is 0. The first-order valence-corrected chi connectivity index (χ1v) is 13.2. The van der Waals surface area contributed by atoms with E-state index in [1.807, 2.05) is 12.3 Å². The maximum absolute atomic E-state index is 14.2. The lowest BCUT2D eigenvalue weighted by atomic mass is 9.88. The van der Waals surface area contributed by atoms with Crippen molar-refractivity contribution in [3.63, 3.8) is 0 Å². The van der Waals surface area contributed by atoms with Gasteiger partial charge in [-0.05, 0) is 99.9 Å². The molecular weight excluding hydrogens is 439 g/mol. The van der Waals surface area contributed by atoms with Crippen molar-refractivity contribution in [2.75, 3.05) is 39.8 Å². The number of benzene rings is 1. The predicted molar refractivity (Wildman–Crippen MR) is 140 cm³/mol. The van der Waals surface area contributed by atoms with Crippen LogP contribution in [0.5, 0.6) is 5.75 Å². The monoisotopic (exact) mass is 478 g/mol. The molecule has 1 aromatic carbocycles. The van der Waals surface area contributed by atoms with E-state index < -0.39 is 0 Å². The van der Waals surface area contributed by atoms with Crippen LogP contribution in [0, 0.1) is 18.7 Å². The number of fused-ring (bicyclic) bond motifs is 1. The summed E-state index contributed by atoms with van der Waals surface area (Å²) in [5.41, 5.74) is 5.05. The number of ether oxygens (including phenoxy) is 1. The minimum Gasteiger partial charge on any atom is -0.494 e. The number of likely N-dealkylation sites (tertiary alicyclic amines) is 2. The highest BCUT2D eigenvalue weighted by molar-refractivity contribution is 5.65. The molecule has 0 amide bonds. The topological polar surface area (TPSA) is 33.0 Å². The molecule has 2 aliphatic rings. The van der Waals surface area contributed by atoms with E-state index in [-0.39, 0.29) is 11.6 Å². The van der Waals surface area contributed by atoms with Crippen LogP contribution in [-0.2, 0) is 0 Å². The maximum atomic E-state index is 14.2. The lowest BCUT2D eigenvalue weighted by Crippen LogP contribution is -2.48. The average Bonchev–Trinajstić information content (AvgIpc) is 3.29. The lowest BCUT2D eigenvalue weighted by Gasteiger charge is -2.42. The minimum absolute atomic E-state index is 0.253. The first kappa shape index (κ1) is 24.3. The molecule has 4 heterocycles. The SMILES string of the molecule is COc1ccc(-c2cn3cc(C4CCN(C5CCN(CC(C)C)CC5)CC4)cc(C)c3n2)cc1F. The van der Waals surface area contributed by atoms with E-state index in [4.69, 9.17) is 9.72 Å². The molecular formula is C29H39FN4O. The van der Waals surface area contributed by atoms with E-state index in [2.05, 4.69) is 47.2 Å².